The Bertz CT molecular complexity index is 2510. The van der Waals surface area contributed by atoms with E-state index >= 15 is 0 Å². The van der Waals surface area contributed by atoms with Crippen molar-refractivity contribution < 1.29 is 37.9 Å². The van der Waals surface area contributed by atoms with Crippen LogP contribution in [-0.4, -0.2) is 54.9 Å². The Morgan fingerprint density at radius 1 is 0.211 bits per heavy atom. The Morgan fingerprint density at radius 3 is 0.656 bits per heavy atom. The third-order valence-corrected chi connectivity index (χ3v) is 17.5. The number of hydrogen-bond donors (Lipinski definition) is 0. The fraction of sp³-hybridized carbons (Fsp3) is 0.634. The van der Waals surface area contributed by atoms with Crippen molar-refractivity contribution in [3.05, 3.63) is 94.0 Å². The van der Waals surface area contributed by atoms with E-state index in [-0.39, 0.29) is 0 Å². The summed E-state index contributed by atoms with van der Waals surface area (Å²) in [6.07, 6.45) is 63.9. The summed E-state index contributed by atoms with van der Waals surface area (Å²) in [6, 6.07) is 20.6. The molecule has 0 amide bonds. The molecule has 0 aromatic heterocycles. The first kappa shape index (κ1) is 77.0. The summed E-state index contributed by atoms with van der Waals surface area (Å²) in [5, 5.41) is 0. The molecule has 0 aliphatic heterocycles. The van der Waals surface area contributed by atoms with Gasteiger partial charge in [-0.15, -0.1) is 0 Å². The highest BCUT2D eigenvalue weighted by atomic mass is 16.5. The van der Waals surface area contributed by atoms with E-state index in [2.05, 4.69) is 101 Å². The van der Waals surface area contributed by atoms with Gasteiger partial charge in [-0.1, -0.05) is 295 Å². The van der Waals surface area contributed by atoms with Crippen LogP contribution in [0.1, 0.15) is 318 Å². The first-order chi connectivity index (χ1) is 44.4. The summed E-state index contributed by atoms with van der Waals surface area (Å²) in [5.41, 5.74) is 5.53. The molecular weight excluding hydrogens is 1110 g/mol. The molecular formula is C82H128O8. The number of methoxy groups -OCH3 is 4. The van der Waals surface area contributed by atoms with Gasteiger partial charge in [0, 0.05) is 33.4 Å². The predicted molar refractivity (Wildman–Crippen MR) is 388 cm³/mol. The van der Waals surface area contributed by atoms with Crippen LogP contribution < -0.4 is 37.9 Å². The molecule has 0 saturated heterocycles. The highest BCUT2D eigenvalue weighted by Crippen LogP contribution is 2.37. The van der Waals surface area contributed by atoms with Crippen molar-refractivity contribution in [3.8, 4) is 46.0 Å². The maximum Gasteiger partial charge on any atom is 0.127 e. The van der Waals surface area contributed by atoms with Crippen LogP contribution in [0.4, 0.5) is 0 Å². The number of hydrogen-bond acceptors (Lipinski definition) is 8. The van der Waals surface area contributed by atoms with Crippen molar-refractivity contribution in [2.24, 2.45) is 0 Å². The standard InChI is InChI=1S/C82H128O8/c1-9-13-17-21-25-29-33-37-41-45-59-87-75-55-57-77(83-5)69(63-75)49-51-71-67-82(90-62-48-44-40-36-32-28-24-20-16-12-4)74(66-79(71)85-7)54-52-72-68-81(89-61-47-43-39-35-31-27-23-19-15-11-3)73(65-80(72)86-8)53-50-70-64-76(56-58-78(70)84-6)88-60-46-42-38-34-30-26-22-18-14-10-2/h49-58,63-68H,9-48,59-62H2,1-8H3/b51-49+,53-50+,54-52+. The predicted octanol–water partition coefficient (Wildman–Crippen LogP) is 25.4. The quantitative estimate of drug-likeness (QED) is 0.0320. The molecule has 0 atom stereocenters. The van der Waals surface area contributed by atoms with Crippen LogP contribution in [0.5, 0.6) is 46.0 Å². The van der Waals surface area contributed by atoms with Crippen molar-refractivity contribution in [3.63, 3.8) is 0 Å². The van der Waals surface area contributed by atoms with Crippen molar-refractivity contribution in [1.29, 1.82) is 0 Å². The van der Waals surface area contributed by atoms with Gasteiger partial charge in [-0.2, -0.15) is 0 Å². The van der Waals surface area contributed by atoms with Crippen LogP contribution >= 0.6 is 0 Å². The van der Waals surface area contributed by atoms with Gasteiger partial charge in [0.05, 0.1) is 54.9 Å². The zero-order valence-corrected chi connectivity index (χ0v) is 58.6. The first-order valence-electron chi connectivity index (χ1n) is 36.8. The third-order valence-electron chi connectivity index (χ3n) is 17.5. The van der Waals surface area contributed by atoms with Crippen LogP contribution in [0.3, 0.4) is 0 Å². The van der Waals surface area contributed by atoms with Gasteiger partial charge in [-0.05, 0) is 86.3 Å². The van der Waals surface area contributed by atoms with E-state index in [1.54, 1.807) is 28.4 Å². The Morgan fingerprint density at radius 2 is 0.411 bits per heavy atom. The zero-order chi connectivity index (χ0) is 64.2. The molecule has 90 heavy (non-hydrogen) atoms. The topological polar surface area (TPSA) is 73.8 Å². The van der Waals surface area contributed by atoms with E-state index in [1.165, 1.54) is 218 Å². The lowest BCUT2D eigenvalue weighted by molar-refractivity contribution is 0.303. The molecule has 0 spiro atoms. The summed E-state index contributed by atoms with van der Waals surface area (Å²) in [5.74, 6) is 6.33. The molecule has 0 aliphatic carbocycles. The van der Waals surface area contributed by atoms with Gasteiger partial charge < -0.3 is 37.9 Å². The summed E-state index contributed by atoms with van der Waals surface area (Å²) < 4.78 is 50.3. The highest BCUT2D eigenvalue weighted by molar-refractivity contribution is 5.83. The largest absolute Gasteiger partial charge is 0.496 e. The summed E-state index contributed by atoms with van der Waals surface area (Å²) in [7, 11) is 6.92. The fourth-order valence-corrected chi connectivity index (χ4v) is 11.8. The SMILES string of the molecule is CCCCCCCCCCCCOc1ccc(OC)c(/C=C/c2cc(OCCCCCCCCCCCC)c(/C=C/c3cc(OCCCCCCCCCCCC)c(/C=C/c4cc(OCCCCCCCCCCCC)ccc4OC)cc3OC)cc2OC)c1. The Hall–Kier alpha value is -5.50. The van der Waals surface area contributed by atoms with Gasteiger partial charge in [0.25, 0.3) is 0 Å². The van der Waals surface area contributed by atoms with Gasteiger partial charge in [0.1, 0.15) is 46.0 Å². The second-order valence-corrected chi connectivity index (χ2v) is 25.2. The number of benzene rings is 4. The maximum absolute atomic E-state index is 6.77. The molecule has 0 bridgehead atoms. The van der Waals surface area contributed by atoms with Gasteiger partial charge in [0.2, 0.25) is 0 Å². The second-order valence-electron chi connectivity index (χ2n) is 25.2. The van der Waals surface area contributed by atoms with Gasteiger partial charge in [0.15, 0.2) is 0 Å². The molecule has 504 valence electrons. The molecule has 0 N–H and O–H groups in total. The van der Waals surface area contributed by atoms with E-state index in [0.29, 0.717) is 26.4 Å². The van der Waals surface area contributed by atoms with E-state index < -0.39 is 0 Å². The summed E-state index contributed by atoms with van der Waals surface area (Å²) in [4.78, 5) is 0. The Labute approximate surface area is 551 Å². The second kappa shape index (κ2) is 52.0. The van der Waals surface area contributed by atoms with Gasteiger partial charge in [-0.3, -0.25) is 0 Å². The lowest BCUT2D eigenvalue weighted by Gasteiger charge is -2.15. The van der Waals surface area contributed by atoms with Crippen LogP contribution in [0.15, 0.2) is 60.7 Å². The smallest absolute Gasteiger partial charge is 0.127 e. The Kier molecular flexibility index (Phi) is 44.5. The average Bonchev–Trinajstić information content (AvgIpc) is 2.10. The van der Waals surface area contributed by atoms with Crippen LogP contribution in [-0.2, 0) is 0 Å². The molecule has 4 aromatic rings. The van der Waals surface area contributed by atoms with E-state index in [4.69, 9.17) is 37.9 Å². The minimum Gasteiger partial charge on any atom is -0.496 e. The molecule has 0 heterocycles. The molecule has 4 aromatic carbocycles. The average molecular weight is 1240 g/mol. The number of rotatable bonds is 58. The van der Waals surface area contributed by atoms with Crippen molar-refractivity contribution in [2.75, 3.05) is 54.9 Å². The monoisotopic (exact) mass is 1240 g/mol. The summed E-state index contributed by atoms with van der Waals surface area (Å²) in [6.45, 7) is 11.8. The van der Waals surface area contributed by atoms with Crippen LogP contribution in [0, 0.1) is 0 Å². The van der Waals surface area contributed by atoms with Crippen LogP contribution in [0.25, 0.3) is 36.5 Å². The van der Waals surface area contributed by atoms with Gasteiger partial charge in [-0.25, -0.2) is 0 Å². The zero-order valence-electron chi connectivity index (χ0n) is 58.6. The molecule has 0 unspecified atom stereocenters. The third kappa shape index (κ3) is 33.7. The minimum atomic E-state index is 0.625. The minimum absolute atomic E-state index is 0.625. The lowest BCUT2D eigenvalue weighted by atomic mass is 10.0. The normalized spacial score (nSPS) is 11.6. The number of unbranched alkanes of at least 4 members (excludes halogenated alkanes) is 36. The molecule has 4 rings (SSSR count). The number of ether oxygens (including phenoxy) is 8. The first-order valence-corrected chi connectivity index (χ1v) is 36.8. The van der Waals surface area contributed by atoms with Crippen LogP contribution in [0.2, 0.25) is 0 Å². The summed E-state index contributed by atoms with van der Waals surface area (Å²) >= 11 is 0. The van der Waals surface area contributed by atoms with Gasteiger partial charge >= 0.3 is 0 Å². The Balaban J connectivity index is 1.59. The molecule has 0 aliphatic rings. The lowest BCUT2D eigenvalue weighted by Crippen LogP contribution is -2.01. The van der Waals surface area contributed by atoms with E-state index in [1.807, 2.05) is 24.3 Å². The van der Waals surface area contributed by atoms with E-state index in [9.17, 15) is 0 Å². The van der Waals surface area contributed by atoms with Crippen molar-refractivity contribution >= 4 is 36.5 Å². The molecule has 0 saturated carbocycles. The highest BCUT2D eigenvalue weighted by Gasteiger charge is 2.15. The maximum atomic E-state index is 6.77. The molecule has 0 radical (unpaired) electrons. The van der Waals surface area contributed by atoms with Crippen molar-refractivity contribution in [1.82, 2.24) is 0 Å². The molecule has 8 heteroatoms. The molecule has 8 nitrogen and oxygen atoms in total. The van der Waals surface area contributed by atoms with E-state index in [0.717, 1.165) is 118 Å². The molecule has 0 fully saturated rings. The van der Waals surface area contributed by atoms with Crippen molar-refractivity contribution in [2.45, 2.75) is 285 Å². The fourth-order valence-electron chi connectivity index (χ4n) is 11.8.